The van der Waals surface area contributed by atoms with Crippen LogP contribution in [0.2, 0.25) is 0 Å². The minimum Gasteiger partial charge on any atom is -0.481 e. The summed E-state index contributed by atoms with van der Waals surface area (Å²) in [5.41, 5.74) is 0.833. The van der Waals surface area contributed by atoms with Crippen molar-refractivity contribution in [1.82, 2.24) is 5.32 Å². The van der Waals surface area contributed by atoms with Crippen LogP contribution in [0.3, 0.4) is 0 Å². The number of hydrogen-bond donors (Lipinski definition) is 2. The highest BCUT2D eigenvalue weighted by molar-refractivity contribution is 5.80. The number of carbonyl (C=O) groups is 1. The molecule has 0 saturated heterocycles. The van der Waals surface area contributed by atoms with Gasteiger partial charge in [-0.05, 0) is 31.0 Å². The summed E-state index contributed by atoms with van der Waals surface area (Å²) >= 11 is 0. The number of nitrogens with one attached hydrogen (secondary N) is 1. The third-order valence-electron chi connectivity index (χ3n) is 2.70. The van der Waals surface area contributed by atoms with Crippen molar-refractivity contribution in [1.29, 1.82) is 0 Å². The lowest BCUT2D eigenvalue weighted by atomic mass is 10.1. The lowest BCUT2D eigenvalue weighted by molar-refractivity contribution is -0.126. The van der Waals surface area contributed by atoms with Gasteiger partial charge in [-0.2, -0.15) is 0 Å². The maximum atomic E-state index is 11.6. The Morgan fingerprint density at radius 1 is 1.47 bits per heavy atom. The highest BCUT2D eigenvalue weighted by atomic mass is 16.5. The van der Waals surface area contributed by atoms with Crippen LogP contribution in [0.4, 0.5) is 0 Å². The fraction of sp³-hybridized carbons (Fsp3) is 0.400. The predicted molar refractivity (Wildman–Crippen MR) is 73.6 cm³/mol. The van der Waals surface area contributed by atoms with E-state index in [1.807, 2.05) is 6.92 Å². The maximum absolute atomic E-state index is 11.6. The molecule has 1 aromatic rings. The third-order valence-corrected chi connectivity index (χ3v) is 2.70. The second-order valence-corrected chi connectivity index (χ2v) is 4.18. The molecule has 1 amide bonds. The number of aliphatic hydroxyl groups excluding tert-OH is 1. The van der Waals surface area contributed by atoms with Crippen molar-refractivity contribution in [2.45, 2.75) is 32.5 Å². The Balaban J connectivity index is 2.58. The summed E-state index contributed by atoms with van der Waals surface area (Å²) in [4.78, 5) is 11.6. The first-order valence-electron chi connectivity index (χ1n) is 6.24. The van der Waals surface area contributed by atoms with Gasteiger partial charge in [0.25, 0.3) is 5.91 Å². The Labute approximate surface area is 113 Å². The summed E-state index contributed by atoms with van der Waals surface area (Å²) in [6.07, 6.45) is 4.63. The molecule has 2 N–H and O–H groups in total. The molecule has 0 bridgehead atoms. The van der Waals surface area contributed by atoms with Gasteiger partial charge in [0, 0.05) is 0 Å². The molecule has 0 aliphatic heterocycles. The second-order valence-electron chi connectivity index (χ2n) is 4.18. The van der Waals surface area contributed by atoms with Crippen LogP contribution in [0.1, 0.15) is 31.9 Å². The predicted octanol–water partition coefficient (Wildman–Crippen LogP) is 1.65. The molecule has 0 aromatic heterocycles. The van der Waals surface area contributed by atoms with Gasteiger partial charge in [0.05, 0.1) is 12.6 Å². The van der Waals surface area contributed by atoms with Crippen molar-refractivity contribution in [3.63, 3.8) is 0 Å². The summed E-state index contributed by atoms with van der Waals surface area (Å²) in [5.74, 6) is 2.65. The molecule has 0 saturated carbocycles. The van der Waals surface area contributed by atoms with Gasteiger partial charge in [0.15, 0.2) is 6.10 Å². The van der Waals surface area contributed by atoms with E-state index in [0.717, 1.165) is 5.56 Å². The Morgan fingerprint density at radius 2 is 2.11 bits per heavy atom. The lowest BCUT2D eigenvalue weighted by Crippen LogP contribution is -2.36. The molecule has 0 spiro atoms. The summed E-state index contributed by atoms with van der Waals surface area (Å²) in [6, 6.07) is 7.05. The molecule has 0 fully saturated rings. The summed E-state index contributed by atoms with van der Waals surface area (Å²) < 4.78 is 5.48. The van der Waals surface area contributed by atoms with Gasteiger partial charge in [0.1, 0.15) is 5.75 Å². The molecule has 4 heteroatoms. The van der Waals surface area contributed by atoms with Crippen LogP contribution >= 0.6 is 0 Å². The van der Waals surface area contributed by atoms with E-state index in [2.05, 4.69) is 11.2 Å². The number of ether oxygens (including phenoxy) is 1. The maximum Gasteiger partial charge on any atom is 0.261 e. The Kier molecular flexibility index (Phi) is 5.91. The molecule has 0 aliphatic rings. The normalized spacial score (nSPS) is 13.2. The van der Waals surface area contributed by atoms with Gasteiger partial charge in [-0.1, -0.05) is 25.0 Å². The van der Waals surface area contributed by atoms with Gasteiger partial charge in [0.2, 0.25) is 0 Å². The van der Waals surface area contributed by atoms with E-state index < -0.39 is 12.2 Å². The largest absolute Gasteiger partial charge is 0.481 e. The molecule has 102 valence electrons. The lowest BCUT2D eigenvalue weighted by Gasteiger charge is -2.15. The summed E-state index contributed by atoms with van der Waals surface area (Å²) in [7, 11) is 0. The fourth-order valence-electron chi connectivity index (χ4n) is 1.54. The molecule has 0 radical (unpaired) electrons. The van der Waals surface area contributed by atoms with Gasteiger partial charge >= 0.3 is 0 Å². The number of carbonyl (C=O) groups excluding carboxylic acids is 1. The van der Waals surface area contributed by atoms with Crippen molar-refractivity contribution in [3.05, 3.63) is 29.8 Å². The summed E-state index contributed by atoms with van der Waals surface area (Å²) in [5, 5.41) is 12.2. The Bertz CT molecular complexity index is 447. The van der Waals surface area contributed by atoms with Gasteiger partial charge in [-0.15, -0.1) is 6.42 Å². The van der Waals surface area contributed by atoms with Gasteiger partial charge in [-0.25, -0.2) is 0 Å². The van der Waals surface area contributed by atoms with Crippen LogP contribution in [-0.2, 0) is 4.79 Å². The molecule has 2 atom stereocenters. The number of hydrogen-bond acceptors (Lipinski definition) is 3. The monoisotopic (exact) mass is 261 g/mol. The third kappa shape index (κ3) is 4.65. The first kappa shape index (κ1) is 15.1. The zero-order valence-electron chi connectivity index (χ0n) is 11.2. The zero-order chi connectivity index (χ0) is 14.3. The molecule has 4 nitrogen and oxygen atoms in total. The summed E-state index contributed by atoms with van der Waals surface area (Å²) in [6.45, 7) is 3.75. The van der Waals surface area contributed by atoms with E-state index in [4.69, 9.17) is 11.2 Å². The molecule has 1 aromatic carbocycles. The number of benzene rings is 1. The van der Waals surface area contributed by atoms with Crippen molar-refractivity contribution < 1.29 is 14.6 Å². The molecule has 2 unspecified atom stereocenters. The van der Waals surface area contributed by atoms with Gasteiger partial charge < -0.3 is 15.2 Å². The van der Waals surface area contributed by atoms with Crippen LogP contribution in [0, 0.1) is 12.3 Å². The van der Waals surface area contributed by atoms with E-state index in [9.17, 15) is 9.90 Å². The van der Waals surface area contributed by atoms with Crippen molar-refractivity contribution >= 4 is 5.91 Å². The van der Waals surface area contributed by atoms with E-state index in [0.29, 0.717) is 12.2 Å². The quantitative estimate of drug-likeness (QED) is 0.765. The van der Waals surface area contributed by atoms with Crippen LogP contribution < -0.4 is 10.1 Å². The first-order chi connectivity index (χ1) is 9.08. The van der Waals surface area contributed by atoms with E-state index in [1.54, 1.807) is 31.2 Å². The molecule has 0 aliphatic carbocycles. The van der Waals surface area contributed by atoms with E-state index in [1.165, 1.54) is 0 Å². The van der Waals surface area contributed by atoms with E-state index >= 15 is 0 Å². The van der Waals surface area contributed by atoms with Crippen LogP contribution in [0.15, 0.2) is 24.3 Å². The highest BCUT2D eigenvalue weighted by Crippen LogP contribution is 2.20. The molecular formula is C15H19NO3. The standard InChI is InChI=1S/C15H19NO3/c1-4-10-16-15(18)11(3)19-13-8-6-12(7-9-13)14(17)5-2/h1,6-9,11,14,17H,5,10H2,2-3H3,(H,16,18). The van der Waals surface area contributed by atoms with E-state index in [-0.39, 0.29) is 12.5 Å². The SMILES string of the molecule is C#CCNC(=O)C(C)Oc1ccc(C(O)CC)cc1. The van der Waals surface area contributed by atoms with Crippen molar-refractivity contribution in [2.75, 3.05) is 6.54 Å². The fourth-order valence-corrected chi connectivity index (χ4v) is 1.54. The molecule has 1 rings (SSSR count). The number of rotatable bonds is 6. The molecule has 0 heterocycles. The van der Waals surface area contributed by atoms with Gasteiger partial charge in [-0.3, -0.25) is 4.79 Å². The van der Waals surface area contributed by atoms with Crippen molar-refractivity contribution in [2.24, 2.45) is 0 Å². The average molecular weight is 261 g/mol. The number of terminal acetylenes is 1. The van der Waals surface area contributed by atoms with Crippen molar-refractivity contribution in [3.8, 4) is 18.1 Å². The topological polar surface area (TPSA) is 58.6 Å². The highest BCUT2D eigenvalue weighted by Gasteiger charge is 2.13. The Hall–Kier alpha value is -1.99. The average Bonchev–Trinajstić information content (AvgIpc) is 2.44. The van der Waals surface area contributed by atoms with Crippen LogP contribution in [0.25, 0.3) is 0 Å². The minimum absolute atomic E-state index is 0.189. The molecule has 19 heavy (non-hydrogen) atoms. The number of aliphatic hydroxyl groups is 1. The van der Waals surface area contributed by atoms with Crippen LogP contribution in [-0.4, -0.2) is 23.7 Å². The first-order valence-corrected chi connectivity index (χ1v) is 6.24. The second kappa shape index (κ2) is 7.45. The molecular weight excluding hydrogens is 242 g/mol. The smallest absolute Gasteiger partial charge is 0.261 e. The number of amides is 1. The minimum atomic E-state index is -0.615. The van der Waals surface area contributed by atoms with Crippen LogP contribution in [0.5, 0.6) is 5.75 Å². The Morgan fingerprint density at radius 3 is 2.63 bits per heavy atom. The zero-order valence-corrected chi connectivity index (χ0v) is 11.2.